The first-order valence-corrected chi connectivity index (χ1v) is 12.8. The van der Waals surface area contributed by atoms with Crippen LogP contribution in [-0.4, -0.2) is 42.9 Å². The number of amides is 2. The zero-order valence-electron chi connectivity index (χ0n) is 22.9. The van der Waals surface area contributed by atoms with Gasteiger partial charge < -0.3 is 10.1 Å². The van der Waals surface area contributed by atoms with Crippen LogP contribution in [0.3, 0.4) is 0 Å². The zero-order chi connectivity index (χ0) is 30.9. The summed E-state index contributed by atoms with van der Waals surface area (Å²) in [5, 5.41) is 14.3. The molecule has 0 spiro atoms. The van der Waals surface area contributed by atoms with E-state index in [-0.39, 0.29) is 0 Å². The second-order valence-electron chi connectivity index (χ2n) is 9.66. The predicted molar refractivity (Wildman–Crippen MR) is 149 cm³/mol. The van der Waals surface area contributed by atoms with Gasteiger partial charge in [0.2, 0.25) is 0 Å². The molecule has 0 aliphatic rings. The molecular weight excluding hydrogens is 573 g/mol. The van der Waals surface area contributed by atoms with Gasteiger partial charge in [0.15, 0.2) is 5.82 Å². The molecule has 2 aromatic heterocycles. The Kier molecular flexibility index (Phi) is 7.61. The minimum absolute atomic E-state index is 0.313. The molecule has 2 heterocycles. The Hall–Kier alpha value is -5.27. The molecule has 0 saturated heterocycles. The average Bonchev–Trinajstić information content (AvgIpc) is 3.59. The summed E-state index contributed by atoms with van der Waals surface area (Å²) < 4.78 is 70.2. The number of carbonyl (C=O) groups excluding carboxylic acids is 1. The van der Waals surface area contributed by atoms with E-state index in [1.165, 1.54) is 23.1 Å². The molecule has 0 unspecified atom stereocenters. The lowest BCUT2D eigenvalue weighted by Gasteiger charge is -2.20. The molecule has 9 nitrogen and oxygen atoms in total. The lowest BCUT2D eigenvalue weighted by Crippen LogP contribution is -2.41. The van der Waals surface area contributed by atoms with E-state index < -0.39 is 24.1 Å². The number of aryl methyl sites for hydroxylation is 3. The fraction of sp³-hybridized carbons (Fsp3) is 0.172. The molecule has 0 aliphatic carbocycles. The summed E-state index contributed by atoms with van der Waals surface area (Å²) in [5.41, 5.74) is 5.52. The summed E-state index contributed by atoms with van der Waals surface area (Å²) in [7, 11) is 0. The Labute approximate surface area is 241 Å². The number of carbonyl (C=O) groups is 1. The number of aromatic nitrogens is 5. The Morgan fingerprint density at radius 1 is 0.860 bits per heavy atom. The number of nitrogens with zero attached hydrogens (tertiary/aromatic N) is 5. The van der Waals surface area contributed by atoms with Crippen LogP contribution in [0, 0.1) is 20.8 Å². The van der Waals surface area contributed by atoms with Crippen LogP contribution < -0.4 is 15.4 Å². The molecule has 0 bridgehead atoms. The van der Waals surface area contributed by atoms with Crippen LogP contribution in [0.4, 0.5) is 38.3 Å². The van der Waals surface area contributed by atoms with Crippen molar-refractivity contribution in [3.63, 3.8) is 0 Å². The number of hydrogen-bond donors (Lipinski definition) is 2. The quantitative estimate of drug-likeness (QED) is 0.193. The fourth-order valence-corrected chi connectivity index (χ4v) is 4.46. The first-order valence-electron chi connectivity index (χ1n) is 12.8. The number of ether oxygens (including phenoxy) is 1. The highest BCUT2D eigenvalue weighted by Crippen LogP contribution is 2.37. The number of anilines is 2. The molecule has 3 aromatic carbocycles. The number of hydrogen-bond acceptors (Lipinski definition) is 5. The zero-order valence-corrected chi connectivity index (χ0v) is 22.9. The largest absolute Gasteiger partial charge is 0.499 e. The Morgan fingerprint density at radius 2 is 1.51 bits per heavy atom. The second kappa shape index (κ2) is 11.2. The third kappa shape index (κ3) is 6.32. The first kappa shape index (κ1) is 29.2. The van der Waals surface area contributed by atoms with Crippen LogP contribution in [0.25, 0.3) is 22.8 Å². The molecule has 222 valence electrons. The van der Waals surface area contributed by atoms with Gasteiger partial charge in [0.25, 0.3) is 0 Å². The van der Waals surface area contributed by atoms with Gasteiger partial charge in [0.05, 0.1) is 17.6 Å². The van der Waals surface area contributed by atoms with Gasteiger partial charge in [0.1, 0.15) is 17.9 Å². The third-order valence-corrected chi connectivity index (χ3v) is 6.30. The van der Waals surface area contributed by atoms with Crippen molar-refractivity contribution in [2.24, 2.45) is 0 Å². The van der Waals surface area contributed by atoms with Gasteiger partial charge in [-0.3, -0.25) is 5.32 Å². The van der Waals surface area contributed by atoms with E-state index in [0.29, 0.717) is 28.6 Å². The average molecular weight is 598 g/mol. The maximum Gasteiger partial charge on any atom is 0.499 e. The Bertz CT molecular complexity index is 1740. The molecule has 0 radical (unpaired) electrons. The Morgan fingerprint density at radius 3 is 2.14 bits per heavy atom. The highest BCUT2D eigenvalue weighted by molar-refractivity contribution is 5.99. The second-order valence-corrected chi connectivity index (χ2v) is 9.66. The van der Waals surface area contributed by atoms with Crippen molar-refractivity contribution in [2.45, 2.75) is 33.1 Å². The van der Waals surface area contributed by atoms with E-state index in [9.17, 15) is 26.7 Å². The molecule has 43 heavy (non-hydrogen) atoms. The van der Waals surface area contributed by atoms with Gasteiger partial charge >= 0.3 is 18.3 Å². The highest BCUT2D eigenvalue weighted by atomic mass is 19.4. The summed E-state index contributed by atoms with van der Waals surface area (Å²) in [6.45, 7) is 5.98. The van der Waals surface area contributed by atoms with Crippen LogP contribution >= 0.6 is 0 Å². The van der Waals surface area contributed by atoms with Gasteiger partial charge in [-0.15, -0.1) is 5.10 Å². The summed E-state index contributed by atoms with van der Waals surface area (Å²) in [4.78, 5) is 17.0. The van der Waals surface area contributed by atoms with Crippen molar-refractivity contribution in [1.82, 2.24) is 24.5 Å². The first-order chi connectivity index (χ1) is 20.3. The standard InChI is InChI=1S/C29H24F5N7O2/c1-17-14-18(2)25(19(3)15-17)41-24(12-13-36-41)38-27(42)37-21-6-4-20(5-7-21)26-35-16-40(39-26)22-8-10-23(11-9-22)43-29(33,34)28(30,31)32/h4-16H,1-3H3,(H2,37,38,42). The molecule has 5 rings (SSSR count). The summed E-state index contributed by atoms with van der Waals surface area (Å²) in [5.74, 6) is 0.142. The molecule has 0 aliphatic heterocycles. The van der Waals surface area contributed by atoms with Crippen molar-refractivity contribution in [1.29, 1.82) is 0 Å². The van der Waals surface area contributed by atoms with E-state index in [4.69, 9.17) is 0 Å². The molecule has 0 atom stereocenters. The highest BCUT2D eigenvalue weighted by Gasteiger charge is 2.61. The maximum atomic E-state index is 13.1. The van der Waals surface area contributed by atoms with Crippen LogP contribution in [-0.2, 0) is 0 Å². The minimum Gasteiger partial charge on any atom is -0.426 e. The lowest BCUT2D eigenvalue weighted by molar-refractivity contribution is -0.360. The molecule has 5 aromatic rings. The van der Waals surface area contributed by atoms with Crippen molar-refractivity contribution >= 4 is 17.5 Å². The lowest BCUT2D eigenvalue weighted by atomic mass is 10.1. The smallest absolute Gasteiger partial charge is 0.426 e. The van der Waals surface area contributed by atoms with Crippen molar-refractivity contribution < 1.29 is 31.5 Å². The van der Waals surface area contributed by atoms with E-state index >= 15 is 0 Å². The van der Waals surface area contributed by atoms with Gasteiger partial charge in [-0.05, 0) is 80.4 Å². The van der Waals surface area contributed by atoms with Crippen LogP contribution in [0.1, 0.15) is 16.7 Å². The van der Waals surface area contributed by atoms with Crippen LogP contribution in [0.5, 0.6) is 5.75 Å². The SMILES string of the molecule is Cc1cc(C)c(-n2nccc2NC(=O)Nc2ccc(-c3ncn(-c4ccc(OC(F)(F)C(F)(F)F)cc4)n3)cc2)c(C)c1. The van der Waals surface area contributed by atoms with Gasteiger partial charge in [-0.25, -0.2) is 19.1 Å². The van der Waals surface area contributed by atoms with E-state index in [1.54, 1.807) is 41.2 Å². The minimum atomic E-state index is -5.84. The summed E-state index contributed by atoms with van der Waals surface area (Å²) >= 11 is 0. The predicted octanol–water partition coefficient (Wildman–Crippen LogP) is 7.22. The molecule has 0 fully saturated rings. The number of alkyl halides is 5. The van der Waals surface area contributed by atoms with E-state index in [1.807, 2.05) is 32.9 Å². The number of halogens is 5. The number of benzene rings is 3. The molecule has 14 heteroatoms. The third-order valence-electron chi connectivity index (χ3n) is 6.30. The monoisotopic (exact) mass is 597 g/mol. The molecule has 2 N–H and O–H groups in total. The number of urea groups is 1. The topological polar surface area (TPSA) is 98.9 Å². The summed E-state index contributed by atoms with van der Waals surface area (Å²) in [6, 6.07) is 16.5. The van der Waals surface area contributed by atoms with Crippen LogP contribution in [0.15, 0.2) is 79.3 Å². The normalized spacial score (nSPS) is 11.8. The van der Waals surface area contributed by atoms with Crippen molar-refractivity contribution in [2.75, 3.05) is 10.6 Å². The fourth-order valence-electron chi connectivity index (χ4n) is 4.46. The number of nitrogens with one attached hydrogen (secondary N) is 2. The molecule has 2 amide bonds. The Balaban J connectivity index is 1.23. The summed E-state index contributed by atoms with van der Waals surface area (Å²) in [6.07, 6.45) is -8.20. The van der Waals surface area contributed by atoms with E-state index in [2.05, 4.69) is 30.6 Å². The maximum absolute atomic E-state index is 13.1. The van der Waals surface area contributed by atoms with Gasteiger partial charge in [-0.2, -0.15) is 27.1 Å². The van der Waals surface area contributed by atoms with E-state index in [0.717, 1.165) is 34.5 Å². The van der Waals surface area contributed by atoms with Crippen molar-refractivity contribution in [3.8, 4) is 28.5 Å². The van der Waals surface area contributed by atoms with Crippen LogP contribution in [0.2, 0.25) is 0 Å². The van der Waals surface area contributed by atoms with Gasteiger partial charge in [-0.1, -0.05) is 17.7 Å². The van der Waals surface area contributed by atoms with Crippen molar-refractivity contribution in [3.05, 3.63) is 95.9 Å². The molecule has 0 saturated carbocycles. The van der Waals surface area contributed by atoms with Gasteiger partial charge in [0, 0.05) is 17.3 Å². The molecular formula is C29H24F5N7O2. The number of rotatable bonds is 7.